The first-order valence-corrected chi connectivity index (χ1v) is 4.02. The Kier molecular flexibility index (Phi) is 2.45. The van der Waals surface area contributed by atoms with Gasteiger partial charge in [0.15, 0.2) is 0 Å². The standard InChI is InChI=1S/C9H8BrF/c1-3-7-5-8(10)4-6(2)9(7)11/h3-5H,1H2,2H3. The largest absolute Gasteiger partial charge is 0.206 e. The fraction of sp³-hybridized carbons (Fsp3) is 0.111. The Hall–Kier alpha value is -0.630. The summed E-state index contributed by atoms with van der Waals surface area (Å²) in [5.41, 5.74) is 1.17. The van der Waals surface area contributed by atoms with Crippen molar-refractivity contribution in [3.63, 3.8) is 0 Å². The molecule has 0 N–H and O–H groups in total. The van der Waals surface area contributed by atoms with E-state index in [1.54, 1.807) is 19.1 Å². The molecule has 0 amide bonds. The highest BCUT2D eigenvalue weighted by Gasteiger charge is 2.02. The van der Waals surface area contributed by atoms with Crippen LogP contribution in [0.4, 0.5) is 4.39 Å². The molecule has 0 radical (unpaired) electrons. The average molecular weight is 215 g/mol. The third-order valence-corrected chi connectivity index (χ3v) is 1.93. The summed E-state index contributed by atoms with van der Waals surface area (Å²) in [7, 11) is 0. The molecule has 0 fully saturated rings. The second kappa shape index (κ2) is 3.18. The normalized spacial score (nSPS) is 9.73. The van der Waals surface area contributed by atoms with Crippen molar-refractivity contribution in [1.29, 1.82) is 0 Å². The number of aryl methyl sites for hydroxylation is 1. The van der Waals surface area contributed by atoms with Crippen LogP contribution < -0.4 is 0 Å². The van der Waals surface area contributed by atoms with E-state index in [2.05, 4.69) is 22.5 Å². The maximum atomic E-state index is 13.1. The lowest BCUT2D eigenvalue weighted by Gasteiger charge is -2.01. The Morgan fingerprint density at radius 3 is 2.73 bits per heavy atom. The molecule has 0 saturated carbocycles. The summed E-state index contributed by atoms with van der Waals surface area (Å²) in [5, 5.41) is 0. The molecule has 0 heterocycles. The van der Waals surface area contributed by atoms with E-state index in [1.807, 2.05) is 0 Å². The highest BCUT2D eigenvalue weighted by atomic mass is 79.9. The molecule has 0 nitrogen and oxygen atoms in total. The van der Waals surface area contributed by atoms with Crippen LogP contribution in [0.25, 0.3) is 6.08 Å². The van der Waals surface area contributed by atoms with Gasteiger partial charge in [0, 0.05) is 10.0 Å². The third-order valence-electron chi connectivity index (χ3n) is 1.47. The Balaban J connectivity index is 3.35. The van der Waals surface area contributed by atoms with Crippen LogP contribution in [0, 0.1) is 12.7 Å². The van der Waals surface area contributed by atoms with E-state index in [1.165, 1.54) is 6.08 Å². The van der Waals surface area contributed by atoms with E-state index in [0.29, 0.717) is 11.1 Å². The van der Waals surface area contributed by atoms with Crippen LogP contribution in [0.3, 0.4) is 0 Å². The van der Waals surface area contributed by atoms with E-state index in [0.717, 1.165) is 4.47 Å². The van der Waals surface area contributed by atoms with Crippen LogP contribution >= 0.6 is 15.9 Å². The van der Waals surface area contributed by atoms with Gasteiger partial charge in [-0.2, -0.15) is 0 Å². The van der Waals surface area contributed by atoms with Crippen molar-refractivity contribution in [3.05, 3.63) is 40.1 Å². The molecule has 0 unspecified atom stereocenters. The topological polar surface area (TPSA) is 0 Å². The quantitative estimate of drug-likeness (QED) is 0.672. The Morgan fingerprint density at radius 2 is 2.18 bits per heavy atom. The number of hydrogen-bond donors (Lipinski definition) is 0. The van der Waals surface area contributed by atoms with Crippen LogP contribution in [-0.4, -0.2) is 0 Å². The van der Waals surface area contributed by atoms with E-state index in [-0.39, 0.29) is 5.82 Å². The molecular formula is C9H8BrF. The van der Waals surface area contributed by atoms with Crippen molar-refractivity contribution in [2.75, 3.05) is 0 Å². The number of rotatable bonds is 1. The van der Waals surface area contributed by atoms with Gasteiger partial charge in [-0.25, -0.2) is 4.39 Å². The highest BCUT2D eigenvalue weighted by molar-refractivity contribution is 9.10. The van der Waals surface area contributed by atoms with Gasteiger partial charge in [-0.1, -0.05) is 28.6 Å². The fourth-order valence-corrected chi connectivity index (χ4v) is 1.49. The second-order valence-corrected chi connectivity index (χ2v) is 3.25. The molecule has 0 aliphatic rings. The van der Waals surface area contributed by atoms with Crippen LogP contribution in [-0.2, 0) is 0 Å². The average Bonchev–Trinajstić information content (AvgIpc) is 1.96. The molecule has 0 aromatic heterocycles. The molecular weight excluding hydrogens is 207 g/mol. The van der Waals surface area contributed by atoms with Crippen LogP contribution in [0.2, 0.25) is 0 Å². The summed E-state index contributed by atoms with van der Waals surface area (Å²) in [6.07, 6.45) is 1.51. The van der Waals surface area contributed by atoms with Crippen LogP contribution in [0.15, 0.2) is 23.2 Å². The van der Waals surface area contributed by atoms with E-state index in [9.17, 15) is 4.39 Å². The smallest absolute Gasteiger partial charge is 0.133 e. The van der Waals surface area contributed by atoms with Crippen molar-refractivity contribution in [2.24, 2.45) is 0 Å². The molecule has 0 aliphatic carbocycles. The first-order chi connectivity index (χ1) is 5.15. The Bertz CT molecular complexity index is 292. The summed E-state index contributed by atoms with van der Waals surface area (Å²) in [4.78, 5) is 0. The molecule has 2 heteroatoms. The third kappa shape index (κ3) is 1.69. The van der Waals surface area contributed by atoms with Gasteiger partial charge in [0.2, 0.25) is 0 Å². The van der Waals surface area contributed by atoms with Gasteiger partial charge in [-0.3, -0.25) is 0 Å². The second-order valence-electron chi connectivity index (χ2n) is 2.33. The van der Waals surface area contributed by atoms with E-state index < -0.39 is 0 Å². The highest BCUT2D eigenvalue weighted by Crippen LogP contribution is 2.20. The van der Waals surface area contributed by atoms with Gasteiger partial charge in [0.05, 0.1) is 0 Å². The van der Waals surface area contributed by atoms with Gasteiger partial charge in [0.25, 0.3) is 0 Å². The van der Waals surface area contributed by atoms with E-state index in [4.69, 9.17) is 0 Å². The van der Waals surface area contributed by atoms with Crippen molar-refractivity contribution >= 4 is 22.0 Å². The Morgan fingerprint density at radius 1 is 1.55 bits per heavy atom. The molecule has 11 heavy (non-hydrogen) atoms. The zero-order chi connectivity index (χ0) is 8.43. The maximum absolute atomic E-state index is 13.1. The van der Waals surface area contributed by atoms with E-state index >= 15 is 0 Å². The van der Waals surface area contributed by atoms with Crippen molar-refractivity contribution in [3.8, 4) is 0 Å². The van der Waals surface area contributed by atoms with Crippen molar-refractivity contribution in [1.82, 2.24) is 0 Å². The summed E-state index contributed by atoms with van der Waals surface area (Å²) in [5.74, 6) is -0.191. The predicted molar refractivity (Wildman–Crippen MR) is 48.9 cm³/mol. The summed E-state index contributed by atoms with van der Waals surface area (Å²) in [6.45, 7) is 5.24. The van der Waals surface area contributed by atoms with Crippen LogP contribution in [0.1, 0.15) is 11.1 Å². The molecule has 0 atom stereocenters. The minimum absolute atomic E-state index is 0.191. The van der Waals surface area contributed by atoms with Gasteiger partial charge >= 0.3 is 0 Å². The fourth-order valence-electron chi connectivity index (χ4n) is 0.900. The number of hydrogen-bond acceptors (Lipinski definition) is 0. The lowest BCUT2D eigenvalue weighted by molar-refractivity contribution is 0.615. The molecule has 0 bridgehead atoms. The number of benzene rings is 1. The Labute approximate surface area is 73.9 Å². The monoisotopic (exact) mass is 214 g/mol. The molecule has 0 aliphatic heterocycles. The molecule has 1 aromatic carbocycles. The summed E-state index contributed by atoms with van der Waals surface area (Å²) >= 11 is 3.27. The molecule has 0 saturated heterocycles. The van der Waals surface area contributed by atoms with Crippen LogP contribution in [0.5, 0.6) is 0 Å². The van der Waals surface area contributed by atoms with Gasteiger partial charge in [-0.15, -0.1) is 0 Å². The van der Waals surface area contributed by atoms with Crippen molar-refractivity contribution < 1.29 is 4.39 Å². The molecule has 1 rings (SSSR count). The minimum atomic E-state index is -0.191. The first kappa shape index (κ1) is 8.47. The van der Waals surface area contributed by atoms with Gasteiger partial charge in [0.1, 0.15) is 5.82 Å². The lowest BCUT2D eigenvalue weighted by Crippen LogP contribution is -1.86. The first-order valence-electron chi connectivity index (χ1n) is 3.23. The molecule has 0 spiro atoms. The zero-order valence-corrected chi connectivity index (χ0v) is 7.78. The number of halogens is 2. The molecule has 58 valence electrons. The summed E-state index contributed by atoms with van der Waals surface area (Å²) < 4.78 is 14.0. The predicted octanol–water partition coefficient (Wildman–Crippen LogP) is 3.54. The van der Waals surface area contributed by atoms with Gasteiger partial charge in [-0.05, 0) is 24.6 Å². The lowest BCUT2D eigenvalue weighted by atomic mass is 10.1. The zero-order valence-electron chi connectivity index (χ0n) is 6.20. The van der Waals surface area contributed by atoms with Gasteiger partial charge < -0.3 is 0 Å². The molecule has 1 aromatic rings. The summed E-state index contributed by atoms with van der Waals surface area (Å²) in [6, 6.07) is 3.44. The minimum Gasteiger partial charge on any atom is -0.206 e. The maximum Gasteiger partial charge on any atom is 0.133 e. The SMILES string of the molecule is C=Cc1cc(Br)cc(C)c1F. The van der Waals surface area contributed by atoms with Crippen molar-refractivity contribution in [2.45, 2.75) is 6.92 Å².